The summed E-state index contributed by atoms with van der Waals surface area (Å²) in [5.41, 5.74) is -0.0375. The van der Waals surface area contributed by atoms with Crippen LogP contribution in [-0.2, 0) is 11.3 Å². The second kappa shape index (κ2) is 6.29. The number of amides is 1. The van der Waals surface area contributed by atoms with Gasteiger partial charge in [0.1, 0.15) is 24.4 Å². The van der Waals surface area contributed by atoms with Crippen LogP contribution in [0.15, 0.2) is 33.3 Å². The van der Waals surface area contributed by atoms with Crippen molar-refractivity contribution in [2.75, 3.05) is 13.7 Å². The van der Waals surface area contributed by atoms with Crippen molar-refractivity contribution in [3.05, 3.63) is 47.3 Å². The third-order valence-electron chi connectivity index (χ3n) is 3.87. The van der Waals surface area contributed by atoms with Gasteiger partial charge in [0.2, 0.25) is 0 Å². The Kier molecular flexibility index (Phi) is 4.20. The maximum atomic E-state index is 12.6. The maximum Gasteiger partial charge on any atom is 0.338 e. The molecule has 1 aliphatic rings. The highest BCUT2D eigenvalue weighted by Crippen LogP contribution is 2.34. The van der Waals surface area contributed by atoms with Crippen LogP contribution < -0.4 is 0 Å². The molecule has 0 spiro atoms. The summed E-state index contributed by atoms with van der Waals surface area (Å²) in [6, 6.07) is 4.75. The van der Waals surface area contributed by atoms with Gasteiger partial charge in [0.25, 0.3) is 5.91 Å². The van der Waals surface area contributed by atoms with Crippen molar-refractivity contribution < 1.29 is 28.3 Å². The van der Waals surface area contributed by atoms with Gasteiger partial charge in [0.15, 0.2) is 5.76 Å². The fourth-order valence-electron chi connectivity index (χ4n) is 2.80. The molecule has 1 saturated heterocycles. The lowest BCUT2D eigenvalue weighted by Gasteiger charge is -2.22. The number of rotatable bonds is 5. The molecule has 3 rings (SSSR count). The number of ether oxygens (including phenoxy) is 1. The summed E-state index contributed by atoms with van der Waals surface area (Å²) in [6.45, 7) is 0.952. The van der Waals surface area contributed by atoms with E-state index in [-0.39, 0.29) is 23.3 Å². The molecule has 1 fully saturated rings. The smallest absolute Gasteiger partial charge is 0.338 e. The summed E-state index contributed by atoms with van der Waals surface area (Å²) in [6.07, 6.45) is 2.71. The van der Waals surface area contributed by atoms with Crippen molar-refractivity contribution >= 4 is 11.9 Å². The molecule has 1 atom stereocenters. The number of hydrogen-bond acceptors (Lipinski definition) is 5. The number of furan rings is 2. The third-order valence-corrected chi connectivity index (χ3v) is 3.87. The molecule has 23 heavy (non-hydrogen) atoms. The van der Waals surface area contributed by atoms with Crippen LogP contribution in [0.5, 0.6) is 0 Å². The van der Waals surface area contributed by atoms with Gasteiger partial charge in [0.05, 0.1) is 11.6 Å². The standard InChI is InChI=1S/C16H17NO6/c1-21-9-11-4-5-13(23-11)12-3-2-6-17(12)15(18)14-7-10(8-22-14)16(19)20/h4-5,7-8,12H,2-3,6,9H2,1H3,(H,19,20). The van der Waals surface area contributed by atoms with Gasteiger partial charge in [-0.1, -0.05) is 0 Å². The number of carbonyl (C=O) groups excluding carboxylic acids is 1. The molecule has 1 N–H and O–H groups in total. The highest BCUT2D eigenvalue weighted by molar-refractivity contribution is 5.95. The van der Waals surface area contributed by atoms with E-state index >= 15 is 0 Å². The van der Waals surface area contributed by atoms with Crippen molar-refractivity contribution in [2.24, 2.45) is 0 Å². The lowest BCUT2D eigenvalue weighted by atomic mass is 10.1. The van der Waals surface area contributed by atoms with Gasteiger partial charge < -0.3 is 23.6 Å². The third kappa shape index (κ3) is 3.00. The van der Waals surface area contributed by atoms with E-state index in [9.17, 15) is 9.59 Å². The van der Waals surface area contributed by atoms with Crippen LogP contribution in [0, 0.1) is 0 Å². The first-order chi connectivity index (χ1) is 11.1. The monoisotopic (exact) mass is 319 g/mol. The number of carboxylic acid groups (broad SMARTS) is 1. The molecule has 0 aromatic carbocycles. The van der Waals surface area contributed by atoms with Crippen LogP contribution in [-0.4, -0.2) is 35.5 Å². The molecule has 122 valence electrons. The normalized spacial score (nSPS) is 17.6. The predicted molar refractivity (Wildman–Crippen MR) is 78.1 cm³/mol. The SMILES string of the molecule is COCc1ccc(C2CCCN2C(=O)c2cc(C(=O)O)co2)o1. The zero-order chi connectivity index (χ0) is 16.4. The molecule has 1 aliphatic heterocycles. The fraction of sp³-hybridized carbons (Fsp3) is 0.375. The largest absolute Gasteiger partial charge is 0.478 e. The van der Waals surface area contributed by atoms with Crippen molar-refractivity contribution in [1.82, 2.24) is 4.90 Å². The first-order valence-electron chi connectivity index (χ1n) is 7.30. The van der Waals surface area contributed by atoms with Gasteiger partial charge in [-0.15, -0.1) is 0 Å². The van der Waals surface area contributed by atoms with E-state index in [4.69, 9.17) is 18.7 Å². The second-order valence-electron chi connectivity index (χ2n) is 5.40. The number of carboxylic acids is 1. The van der Waals surface area contributed by atoms with Gasteiger partial charge >= 0.3 is 5.97 Å². The Morgan fingerprint density at radius 2 is 2.26 bits per heavy atom. The van der Waals surface area contributed by atoms with Gasteiger partial charge in [-0.05, 0) is 25.0 Å². The average Bonchev–Trinajstić information content (AvgIpc) is 3.26. The lowest BCUT2D eigenvalue weighted by molar-refractivity contribution is 0.0679. The molecule has 7 nitrogen and oxygen atoms in total. The summed E-state index contributed by atoms with van der Waals surface area (Å²) >= 11 is 0. The molecule has 0 bridgehead atoms. The van der Waals surface area contributed by atoms with E-state index in [1.165, 1.54) is 6.07 Å². The fourth-order valence-corrected chi connectivity index (χ4v) is 2.80. The average molecular weight is 319 g/mol. The lowest BCUT2D eigenvalue weighted by Crippen LogP contribution is -2.30. The minimum Gasteiger partial charge on any atom is -0.478 e. The second-order valence-corrected chi connectivity index (χ2v) is 5.40. The zero-order valence-electron chi connectivity index (χ0n) is 12.7. The van der Waals surface area contributed by atoms with Crippen LogP contribution in [0.3, 0.4) is 0 Å². The topological polar surface area (TPSA) is 93.1 Å². The molecule has 1 amide bonds. The quantitative estimate of drug-likeness (QED) is 0.910. The molecule has 1 unspecified atom stereocenters. The molecule has 0 aliphatic carbocycles. The van der Waals surface area contributed by atoms with Crippen molar-refractivity contribution in [3.8, 4) is 0 Å². The maximum absolute atomic E-state index is 12.6. The molecule has 2 aromatic heterocycles. The van der Waals surface area contributed by atoms with Crippen molar-refractivity contribution in [3.63, 3.8) is 0 Å². The molecule has 7 heteroatoms. The minimum absolute atomic E-state index is 0.0259. The van der Waals surface area contributed by atoms with E-state index in [0.29, 0.717) is 24.7 Å². The number of nitrogens with zero attached hydrogens (tertiary/aromatic N) is 1. The zero-order valence-corrected chi connectivity index (χ0v) is 12.7. The Labute approximate surface area is 132 Å². The molecular formula is C16H17NO6. The highest BCUT2D eigenvalue weighted by atomic mass is 16.5. The van der Waals surface area contributed by atoms with E-state index in [2.05, 4.69) is 0 Å². The Hall–Kier alpha value is -2.54. The van der Waals surface area contributed by atoms with Crippen LogP contribution >= 0.6 is 0 Å². The Bertz CT molecular complexity index is 716. The van der Waals surface area contributed by atoms with E-state index in [1.807, 2.05) is 12.1 Å². The van der Waals surface area contributed by atoms with E-state index < -0.39 is 5.97 Å². The number of carbonyl (C=O) groups is 2. The first-order valence-corrected chi connectivity index (χ1v) is 7.30. The van der Waals surface area contributed by atoms with Gasteiger partial charge in [-0.2, -0.15) is 0 Å². The summed E-state index contributed by atoms with van der Waals surface area (Å²) in [4.78, 5) is 25.1. The van der Waals surface area contributed by atoms with E-state index in [0.717, 1.165) is 19.1 Å². The predicted octanol–water partition coefficient (Wildman–Crippen LogP) is 2.69. The molecule has 0 radical (unpaired) electrons. The van der Waals surface area contributed by atoms with Crippen molar-refractivity contribution in [2.45, 2.75) is 25.5 Å². The Morgan fingerprint density at radius 1 is 1.43 bits per heavy atom. The van der Waals surface area contributed by atoms with Gasteiger partial charge in [-0.25, -0.2) is 4.79 Å². The Morgan fingerprint density at radius 3 is 2.96 bits per heavy atom. The first kappa shape index (κ1) is 15.4. The van der Waals surface area contributed by atoms with Crippen molar-refractivity contribution in [1.29, 1.82) is 0 Å². The number of aromatic carboxylic acids is 1. The summed E-state index contributed by atoms with van der Waals surface area (Å²) in [5, 5.41) is 8.92. The molecule has 2 aromatic rings. The van der Waals surface area contributed by atoms with Gasteiger partial charge in [0, 0.05) is 19.7 Å². The van der Waals surface area contributed by atoms with Gasteiger partial charge in [-0.3, -0.25) is 4.79 Å². The highest BCUT2D eigenvalue weighted by Gasteiger charge is 2.34. The number of hydrogen-bond donors (Lipinski definition) is 1. The molecule has 0 saturated carbocycles. The number of methoxy groups -OCH3 is 1. The molecular weight excluding hydrogens is 302 g/mol. The Balaban J connectivity index is 1.79. The summed E-state index contributed by atoms with van der Waals surface area (Å²) < 4.78 is 15.9. The van der Waals surface area contributed by atoms with Crippen LogP contribution in [0.4, 0.5) is 0 Å². The summed E-state index contributed by atoms with van der Waals surface area (Å²) in [5.74, 6) is -0.0236. The van der Waals surface area contributed by atoms with Crippen LogP contribution in [0.1, 0.15) is 51.3 Å². The summed E-state index contributed by atoms with van der Waals surface area (Å²) in [7, 11) is 1.59. The van der Waals surface area contributed by atoms with Crippen LogP contribution in [0.25, 0.3) is 0 Å². The van der Waals surface area contributed by atoms with E-state index in [1.54, 1.807) is 12.0 Å². The van der Waals surface area contributed by atoms with Crippen LogP contribution in [0.2, 0.25) is 0 Å². The number of likely N-dealkylation sites (tertiary alicyclic amines) is 1. The minimum atomic E-state index is -1.12. The molecule has 3 heterocycles.